The quantitative estimate of drug-likeness (QED) is 0.732. The van der Waals surface area contributed by atoms with E-state index in [2.05, 4.69) is 0 Å². The molecule has 29 heavy (non-hydrogen) atoms. The first-order valence-corrected chi connectivity index (χ1v) is 11.2. The van der Waals surface area contributed by atoms with Crippen LogP contribution in [0.25, 0.3) is 0 Å². The van der Waals surface area contributed by atoms with Gasteiger partial charge in [0.05, 0.1) is 11.4 Å². The lowest BCUT2D eigenvalue weighted by atomic mass is 10.1. The lowest BCUT2D eigenvalue weighted by Gasteiger charge is -2.35. The number of benzene rings is 1. The Morgan fingerprint density at radius 1 is 1.00 bits per heavy atom. The summed E-state index contributed by atoms with van der Waals surface area (Å²) in [5.41, 5.74) is 0.817. The Labute approximate surface area is 169 Å². The van der Waals surface area contributed by atoms with Crippen LogP contribution in [0.15, 0.2) is 23.1 Å². The van der Waals surface area contributed by atoms with Crippen LogP contribution in [0.4, 0.5) is 13.2 Å². The van der Waals surface area contributed by atoms with Crippen molar-refractivity contribution in [3.05, 3.63) is 29.3 Å². The summed E-state index contributed by atoms with van der Waals surface area (Å²) in [6.07, 6.45) is -1.62. The second kappa shape index (κ2) is 8.61. The van der Waals surface area contributed by atoms with E-state index in [9.17, 15) is 26.4 Å². The van der Waals surface area contributed by atoms with Crippen LogP contribution < -0.4 is 0 Å². The molecule has 0 aliphatic carbocycles. The molecule has 0 N–H and O–H groups in total. The van der Waals surface area contributed by atoms with Crippen molar-refractivity contribution in [2.24, 2.45) is 0 Å². The van der Waals surface area contributed by atoms with Crippen molar-refractivity contribution in [3.63, 3.8) is 0 Å². The first kappa shape index (κ1) is 22.0. The lowest BCUT2D eigenvalue weighted by Crippen LogP contribution is -2.50. The fourth-order valence-electron chi connectivity index (χ4n) is 3.80. The molecule has 0 radical (unpaired) electrons. The van der Waals surface area contributed by atoms with Crippen molar-refractivity contribution in [2.75, 3.05) is 45.8 Å². The zero-order chi connectivity index (χ0) is 21.2. The molecule has 1 aromatic rings. The van der Waals surface area contributed by atoms with Gasteiger partial charge in [0.25, 0.3) is 5.91 Å². The van der Waals surface area contributed by atoms with Crippen LogP contribution in [0.1, 0.15) is 35.2 Å². The smallest absolute Gasteiger partial charge is 0.336 e. The normalized spacial score (nSPS) is 20.1. The van der Waals surface area contributed by atoms with Crippen molar-refractivity contribution in [3.8, 4) is 0 Å². The van der Waals surface area contributed by atoms with Crippen LogP contribution in [0.2, 0.25) is 0 Å². The molecule has 0 unspecified atom stereocenters. The topological polar surface area (TPSA) is 60.9 Å². The van der Waals surface area contributed by atoms with Crippen molar-refractivity contribution in [1.82, 2.24) is 14.1 Å². The summed E-state index contributed by atoms with van der Waals surface area (Å²) in [4.78, 5) is 15.7. The maximum Gasteiger partial charge on any atom is 0.401 e. The summed E-state index contributed by atoms with van der Waals surface area (Å²) in [7, 11) is -3.68. The highest BCUT2D eigenvalue weighted by Gasteiger charge is 2.33. The number of hydrogen-bond acceptors (Lipinski definition) is 4. The molecule has 6 nitrogen and oxygen atoms in total. The molecule has 2 aliphatic heterocycles. The van der Waals surface area contributed by atoms with Gasteiger partial charge in [-0.05, 0) is 37.5 Å². The molecule has 0 spiro atoms. The summed E-state index contributed by atoms with van der Waals surface area (Å²) < 4.78 is 65.1. The SMILES string of the molecule is Cc1ccc(C(=O)N2CCN(CC(F)(F)F)CC2)cc1S(=O)(=O)N1CCCCC1. The fraction of sp³-hybridized carbons (Fsp3) is 0.632. The Kier molecular flexibility index (Phi) is 6.54. The van der Waals surface area contributed by atoms with Gasteiger partial charge in [-0.1, -0.05) is 12.5 Å². The van der Waals surface area contributed by atoms with Crippen LogP contribution in [-0.4, -0.2) is 80.4 Å². The van der Waals surface area contributed by atoms with Crippen molar-refractivity contribution >= 4 is 15.9 Å². The average molecular weight is 433 g/mol. The molecule has 3 rings (SSSR count). The molecule has 162 valence electrons. The molecule has 2 heterocycles. The number of alkyl halides is 3. The number of aryl methyl sites for hydroxylation is 1. The monoisotopic (exact) mass is 433 g/mol. The number of sulfonamides is 1. The number of carbonyl (C=O) groups excluding carboxylic acids is 1. The fourth-order valence-corrected chi connectivity index (χ4v) is 5.57. The number of carbonyl (C=O) groups is 1. The lowest BCUT2D eigenvalue weighted by molar-refractivity contribution is -0.148. The van der Waals surface area contributed by atoms with Crippen molar-refractivity contribution in [1.29, 1.82) is 0 Å². The molecular weight excluding hydrogens is 407 g/mol. The highest BCUT2D eigenvalue weighted by atomic mass is 32.2. The minimum absolute atomic E-state index is 0.126. The Balaban J connectivity index is 1.73. The van der Waals surface area contributed by atoms with Gasteiger partial charge in [-0.3, -0.25) is 9.69 Å². The Bertz CT molecular complexity index is 844. The second-order valence-corrected chi connectivity index (χ2v) is 9.53. The van der Waals surface area contributed by atoms with Crippen LogP contribution in [0.5, 0.6) is 0 Å². The Hall–Kier alpha value is -1.65. The molecular formula is C19H26F3N3O3S. The van der Waals surface area contributed by atoms with Gasteiger partial charge < -0.3 is 4.90 Å². The van der Waals surface area contributed by atoms with Gasteiger partial charge in [0.1, 0.15) is 0 Å². The molecule has 2 aliphatic rings. The van der Waals surface area contributed by atoms with Gasteiger partial charge in [0.15, 0.2) is 0 Å². The summed E-state index contributed by atoms with van der Waals surface area (Å²) in [5.74, 6) is -0.355. The summed E-state index contributed by atoms with van der Waals surface area (Å²) >= 11 is 0. The highest BCUT2D eigenvalue weighted by molar-refractivity contribution is 7.89. The average Bonchev–Trinajstić information content (AvgIpc) is 2.68. The predicted octanol–water partition coefficient (Wildman–Crippen LogP) is 2.49. The van der Waals surface area contributed by atoms with Crippen molar-refractivity contribution < 1.29 is 26.4 Å². The van der Waals surface area contributed by atoms with E-state index in [0.717, 1.165) is 19.3 Å². The Morgan fingerprint density at radius 2 is 1.62 bits per heavy atom. The predicted molar refractivity (Wildman–Crippen MR) is 102 cm³/mol. The minimum Gasteiger partial charge on any atom is -0.336 e. The minimum atomic E-state index is -4.26. The highest BCUT2D eigenvalue weighted by Crippen LogP contribution is 2.25. The molecule has 1 amide bonds. The molecule has 0 atom stereocenters. The first-order chi connectivity index (χ1) is 13.6. The van der Waals surface area contributed by atoms with E-state index in [0.29, 0.717) is 18.7 Å². The third kappa shape index (κ3) is 5.29. The maximum absolute atomic E-state index is 13.0. The number of piperazine rings is 1. The Morgan fingerprint density at radius 3 is 2.21 bits per heavy atom. The maximum atomic E-state index is 13.0. The van der Waals surface area contributed by atoms with E-state index in [1.165, 1.54) is 20.2 Å². The molecule has 1 aromatic carbocycles. The van der Waals surface area contributed by atoms with E-state index in [1.54, 1.807) is 19.1 Å². The number of halogens is 3. The molecule has 0 aromatic heterocycles. The van der Waals surface area contributed by atoms with Crippen LogP contribution in [-0.2, 0) is 10.0 Å². The van der Waals surface area contributed by atoms with Crippen molar-refractivity contribution in [2.45, 2.75) is 37.3 Å². The van der Waals surface area contributed by atoms with Gasteiger partial charge in [0, 0.05) is 44.8 Å². The third-order valence-electron chi connectivity index (χ3n) is 5.43. The summed E-state index contributed by atoms with van der Waals surface area (Å²) in [6.45, 7) is 2.28. The zero-order valence-corrected chi connectivity index (χ0v) is 17.2. The number of piperidine rings is 1. The number of nitrogens with zero attached hydrogens (tertiary/aromatic N) is 3. The van der Waals surface area contributed by atoms with E-state index in [-0.39, 0.29) is 42.5 Å². The van der Waals surface area contributed by atoms with Gasteiger partial charge >= 0.3 is 6.18 Å². The van der Waals surface area contributed by atoms with Gasteiger partial charge in [0.2, 0.25) is 10.0 Å². The van der Waals surface area contributed by atoms with E-state index in [1.807, 2.05) is 0 Å². The number of rotatable bonds is 4. The van der Waals surface area contributed by atoms with E-state index in [4.69, 9.17) is 0 Å². The molecule has 10 heteroatoms. The first-order valence-electron chi connectivity index (χ1n) is 9.77. The zero-order valence-electron chi connectivity index (χ0n) is 16.4. The third-order valence-corrected chi connectivity index (χ3v) is 7.47. The molecule has 2 saturated heterocycles. The summed E-state index contributed by atoms with van der Waals surface area (Å²) in [6, 6.07) is 4.60. The van der Waals surface area contributed by atoms with Gasteiger partial charge in [-0.15, -0.1) is 0 Å². The second-order valence-electron chi connectivity index (χ2n) is 7.63. The molecule has 0 saturated carbocycles. The number of hydrogen-bond donors (Lipinski definition) is 0. The number of amides is 1. The van der Waals surface area contributed by atoms with Gasteiger partial charge in [-0.25, -0.2) is 8.42 Å². The van der Waals surface area contributed by atoms with Crippen LogP contribution >= 0.6 is 0 Å². The van der Waals surface area contributed by atoms with Gasteiger partial charge in [-0.2, -0.15) is 17.5 Å². The summed E-state index contributed by atoms with van der Waals surface area (Å²) in [5, 5.41) is 0. The molecule has 2 fully saturated rings. The standard InChI is InChI=1S/C19H26F3N3O3S/c1-15-5-6-16(13-17(15)29(27,28)25-7-3-2-4-8-25)18(26)24-11-9-23(10-12-24)14-19(20,21)22/h5-6,13H,2-4,7-12,14H2,1H3. The van der Waals surface area contributed by atoms with Crippen LogP contribution in [0, 0.1) is 6.92 Å². The van der Waals surface area contributed by atoms with E-state index >= 15 is 0 Å². The van der Waals surface area contributed by atoms with E-state index < -0.39 is 22.7 Å². The molecule has 0 bridgehead atoms. The van der Waals surface area contributed by atoms with Crippen LogP contribution in [0.3, 0.4) is 0 Å². The largest absolute Gasteiger partial charge is 0.401 e.